The average Bonchev–Trinajstić information content (AvgIpc) is 3.52. The van der Waals surface area contributed by atoms with Crippen molar-refractivity contribution in [2.24, 2.45) is 0 Å². The molecule has 3 aromatic rings. The van der Waals surface area contributed by atoms with Gasteiger partial charge in [-0.1, -0.05) is 0 Å². The molecule has 2 fully saturated rings. The number of nitrogens with zero attached hydrogens (tertiary/aromatic N) is 6. The lowest BCUT2D eigenvalue weighted by atomic mass is 9.94. The molecule has 2 saturated heterocycles. The van der Waals surface area contributed by atoms with Gasteiger partial charge in [-0.15, -0.1) is 0 Å². The van der Waals surface area contributed by atoms with Crippen LogP contribution in [0.5, 0.6) is 0 Å². The Morgan fingerprint density at radius 2 is 1.87 bits per heavy atom. The molecule has 1 aromatic carbocycles. The van der Waals surface area contributed by atoms with E-state index in [0.29, 0.717) is 24.6 Å². The summed E-state index contributed by atoms with van der Waals surface area (Å²) < 4.78 is 56.4. The smallest absolute Gasteiger partial charge is 0.356 e. The highest BCUT2D eigenvalue weighted by atomic mass is 19.4. The Morgan fingerprint density at radius 1 is 1.08 bits per heavy atom. The van der Waals surface area contributed by atoms with E-state index in [1.54, 1.807) is 0 Å². The summed E-state index contributed by atoms with van der Waals surface area (Å²) in [6, 6.07) is 3.24. The molecule has 0 bridgehead atoms. The van der Waals surface area contributed by atoms with Crippen LogP contribution in [-0.2, 0) is 17.4 Å². The fourth-order valence-corrected chi connectivity index (χ4v) is 6.04. The second-order valence-corrected chi connectivity index (χ2v) is 10.7. The van der Waals surface area contributed by atoms with Crippen molar-refractivity contribution in [3.63, 3.8) is 0 Å². The van der Waals surface area contributed by atoms with Gasteiger partial charge in [-0.05, 0) is 57.5 Å². The van der Waals surface area contributed by atoms with Gasteiger partial charge in [0.25, 0.3) is 0 Å². The molecule has 1 N–H and O–H groups in total. The topological polar surface area (TPSA) is 79.2 Å². The highest BCUT2D eigenvalue weighted by Crippen LogP contribution is 2.38. The molecule has 3 aliphatic rings. The average molecular weight is 544 g/mol. The van der Waals surface area contributed by atoms with E-state index in [1.165, 1.54) is 12.4 Å². The summed E-state index contributed by atoms with van der Waals surface area (Å²) in [5.74, 6) is 0.891. The van der Waals surface area contributed by atoms with E-state index in [9.17, 15) is 22.4 Å². The first kappa shape index (κ1) is 25.7. The van der Waals surface area contributed by atoms with Crippen molar-refractivity contribution < 1.29 is 22.4 Å². The standard InChI is InChI=1S/C27H29F4N7O/c1-36-8-2-3-18(13-36)38-14-22(17-4-5-21(28)20(11-17)27(29,30)31)34-25(38)16-6-9-37(10-7-16)26-19-12-23(39)35-24(19)32-15-33-26/h4-5,11,14-16,18H,2-3,6-10,12-13H2,1H3,(H,32,33,35,39)/t18-/m1/s1. The van der Waals surface area contributed by atoms with Crippen LogP contribution in [0.1, 0.15) is 54.6 Å². The van der Waals surface area contributed by atoms with Crippen LogP contribution >= 0.6 is 0 Å². The van der Waals surface area contributed by atoms with Gasteiger partial charge in [0.05, 0.1) is 17.7 Å². The Balaban J connectivity index is 1.30. The first-order chi connectivity index (χ1) is 18.7. The first-order valence-electron chi connectivity index (χ1n) is 13.2. The number of hydrogen-bond donors (Lipinski definition) is 1. The summed E-state index contributed by atoms with van der Waals surface area (Å²) in [7, 11) is 2.07. The zero-order valence-electron chi connectivity index (χ0n) is 21.5. The number of hydrogen-bond acceptors (Lipinski definition) is 6. The van der Waals surface area contributed by atoms with Crippen molar-refractivity contribution in [3.05, 3.63) is 53.5 Å². The van der Waals surface area contributed by atoms with Gasteiger partial charge in [0.15, 0.2) is 0 Å². The van der Waals surface area contributed by atoms with E-state index in [4.69, 9.17) is 4.98 Å². The highest BCUT2D eigenvalue weighted by molar-refractivity contribution is 5.99. The Labute approximate surface area is 223 Å². The van der Waals surface area contributed by atoms with Crippen LogP contribution < -0.4 is 10.2 Å². The molecule has 0 saturated carbocycles. The molecule has 39 heavy (non-hydrogen) atoms. The number of piperidine rings is 2. The summed E-state index contributed by atoms with van der Waals surface area (Å²) in [6.07, 6.45) is 2.30. The van der Waals surface area contributed by atoms with Crippen LogP contribution in [0.4, 0.5) is 29.2 Å². The molecule has 0 spiro atoms. The molecule has 0 radical (unpaired) electrons. The van der Waals surface area contributed by atoms with Crippen LogP contribution in [0.3, 0.4) is 0 Å². The minimum absolute atomic E-state index is 0.0943. The van der Waals surface area contributed by atoms with E-state index in [-0.39, 0.29) is 29.9 Å². The third-order valence-corrected chi connectivity index (χ3v) is 8.00. The molecule has 1 atom stereocenters. The van der Waals surface area contributed by atoms with E-state index in [2.05, 4.69) is 36.7 Å². The summed E-state index contributed by atoms with van der Waals surface area (Å²) in [5.41, 5.74) is 0.197. The maximum absolute atomic E-state index is 14.0. The minimum Gasteiger partial charge on any atom is -0.356 e. The van der Waals surface area contributed by atoms with Crippen molar-refractivity contribution in [3.8, 4) is 11.3 Å². The quantitative estimate of drug-likeness (QED) is 0.483. The third kappa shape index (κ3) is 4.97. The Hall–Kier alpha value is -3.54. The highest BCUT2D eigenvalue weighted by Gasteiger charge is 2.35. The second kappa shape index (κ2) is 9.89. The van der Waals surface area contributed by atoms with Crippen molar-refractivity contribution in [1.82, 2.24) is 24.4 Å². The number of anilines is 2. The first-order valence-corrected chi connectivity index (χ1v) is 13.2. The normalized spacial score (nSPS) is 20.8. The minimum atomic E-state index is -4.79. The summed E-state index contributed by atoms with van der Waals surface area (Å²) in [6.45, 7) is 3.22. The van der Waals surface area contributed by atoms with E-state index in [1.807, 2.05) is 6.20 Å². The zero-order chi connectivity index (χ0) is 27.3. The van der Waals surface area contributed by atoms with Gasteiger partial charge in [-0.2, -0.15) is 13.2 Å². The second-order valence-electron chi connectivity index (χ2n) is 10.7. The Kier molecular flexibility index (Phi) is 6.52. The fraction of sp³-hybridized carbons (Fsp3) is 0.481. The molecule has 0 aliphatic carbocycles. The Morgan fingerprint density at radius 3 is 2.62 bits per heavy atom. The van der Waals surface area contributed by atoms with E-state index < -0.39 is 17.6 Å². The van der Waals surface area contributed by atoms with Gasteiger partial charge < -0.3 is 19.7 Å². The van der Waals surface area contributed by atoms with Gasteiger partial charge in [-0.25, -0.2) is 19.3 Å². The number of likely N-dealkylation sites (tertiary alicyclic amines) is 1. The number of rotatable bonds is 4. The molecule has 206 valence electrons. The van der Waals surface area contributed by atoms with Gasteiger partial charge in [0, 0.05) is 48.9 Å². The third-order valence-electron chi connectivity index (χ3n) is 8.00. The predicted octanol–water partition coefficient (Wildman–Crippen LogP) is 4.64. The molecular formula is C27H29F4N7O. The number of aromatic nitrogens is 4. The fourth-order valence-electron chi connectivity index (χ4n) is 6.04. The van der Waals surface area contributed by atoms with Crippen LogP contribution in [-0.4, -0.2) is 63.6 Å². The molecule has 8 nitrogen and oxygen atoms in total. The van der Waals surface area contributed by atoms with Crippen LogP contribution in [0.15, 0.2) is 30.7 Å². The lowest BCUT2D eigenvalue weighted by molar-refractivity contribution is -0.140. The summed E-state index contributed by atoms with van der Waals surface area (Å²) in [4.78, 5) is 29.8. The number of benzene rings is 1. The monoisotopic (exact) mass is 543 g/mol. The number of imidazole rings is 1. The predicted molar refractivity (Wildman–Crippen MR) is 137 cm³/mol. The van der Waals surface area contributed by atoms with Crippen molar-refractivity contribution in [2.75, 3.05) is 43.4 Å². The van der Waals surface area contributed by atoms with E-state index in [0.717, 1.165) is 68.1 Å². The van der Waals surface area contributed by atoms with E-state index >= 15 is 0 Å². The van der Waals surface area contributed by atoms with Crippen molar-refractivity contribution >= 4 is 17.5 Å². The number of nitrogens with one attached hydrogen (secondary N) is 1. The SMILES string of the molecule is CN1CCC[C@@H](n2cc(-c3ccc(F)c(C(F)(F)F)c3)nc2C2CCN(c3ncnc4c3CC(=O)N4)CC2)C1. The molecule has 0 unspecified atom stereocenters. The zero-order valence-corrected chi connectivity index (χ0v) is 21.5. The number of amides is 1. The van der Waals surface area contributed by atoms with Gasteiger partial charge in [-0.3, -0.25) is 4.79 Å². The largest absolute Gasteiger partial charge is 0.419 e. The maximum Gasteiger partial charge on any atom is 0.419 e. The summed E-state index contributed by atoms with van der Waals surface area (Å²) in [5, 5.41) is 2.77. The molecule has 5 heterocycles. The molecule has 1 amide bonds. The number of likely N-dealkylation sites (N-methyl/N-ethyl adjacent to an activating group) is 1. The number of halogens is 4. The van der Waals surface area contributed by atoms with Gasteiger partial charge in [0.2, 0.25) is 5.91 Å². The molecule has 12 heteroatoms. The van der Waals surface area contributed by atoms with Gasteiger partial charge >= 0.3 is 6.18 Å². The summed E-state index contributed by atoms with van der Waals surface area (Å²) >= 11 is 0. The van der Waals surface area contributed by atoms with Crippen LogP contribution in [0, 0.1) is 5.82 Å². The number of carbonyl (C=O) groups is 1. The number of carbonyl (C=O) groups excluding carboxylic acids is 1. The molecule has 3 aliphatic heterocycles. The number of alkyl halides is 3. The van der Waals surface area contributed by atoms with Crippen LogP contribution in [0.25, 0.3) is 11.3 Å². The lowest BCUT2D eigenvalue weighted by Crippen LogP contribution is -2.37. The lowest BCUT2D eigenvalue weighted by Gasteiger charge is -2.36. The molecular weight excluding hydrogens is 514 g/mol. The number of fused-ring (bicyclic) bond motifs is 1. The Bertz CT molecular complexity index is 1400. The molecule has 6 rings (SSSR count). The van der Waals surface area contributed by atoms with Gasteiger partial charge in [0.1, 0.15) is 29.6 Å². The molecule has 2 aromatic heterocycles. The van der Waals surface area contributed by atoms with Crippen molar-refractivity contribution in [1.29, 1.82) is 0 Å². The van der Waals surface area contributed by atoms with Crippen molar-refractivity contribution in [2.45, 2.75) is 50.2 Å². The van der Waals surface area contributed by atoms with Crippen LogP contribution in [0.2, 0.25) is 0 Å². The maximum atomic E-state index is 14.0.